The molecule has 0 atom stereocenters. The fourth-order valence-corrected chi connectivity index (χ4v) is 2.22. The van der Waals surface area contributed by atoms with Crippen molar-refractivity contribution < 1.29 is 49.4 Å². The molecule has 0 aliphatic carbocycles. The van der Waals surface area contributed by atoms with Gasteiger partial charge in [0, 0.05) is 49.4 Å². The Balaban J connectivity index is 0.00000133. The first-order valence-electron chi connectivity index (χ1n) is 6.15. The molecule has 0 amide bonds. The van der Waals surface area contributed by atoms with E-state index in [1.54, 1.807) is 0 Å². The summed E-state index contributed by atoms with van der Waals surface area (Å²) in [4.78, 5) is 0. The summed E-state index contributed by atoms with van der Waals surface area (Å²) in [7, 11) is 0. The van der Waals surface area contributed by atoms with Crippen molar-refractivity contribution >= 4 is 0 Å². The van der Waals surface area contributed by atoms with Crippen molar-refractivity contribution in [3.63, 3.8) is 0 Å². The van der Waals surface area contributed by atoms with Gasteiger partial charge in [-0.05, 0) is 22.3 Å². The van der Waals surface area contributed by atoms with Crippen LogP contribution >= 0.6 is 0 Å². The molecule has 0 unspecified atom stereocenters. The fourth-order valence-electron chi connectivity index (χ4n) is 2.22. The van der Waals surface area contributed by atoms with E-state index in [4.69, 9.17) is 0 Å². The molecule has 93 valence electrons. The molecular weight excluding hydrogens is 368 g/mol. The summed E-state index contributed by atoms with van der Waals surface area (Å²) in [5, 5.41) is 0. The largest absolute Gasteiger partial charge is 0.0622 e. The second-order valence-electron chi connectivity index (χ2n) is 4.28. The third kappa shape index (κ3) is 3.42. The minimum Gasteiger partial charge on any atom is -0.0622 e. The van der Waals surface area contributed by atoms with E-state index in [0.29, 0.717) is 0 Å². The Bertz CT molecular complexity index is 572. The molecular formula is C18H14Eu. The summed E-state index contributed by atoms with van der Waals surface area (Å²) in [5.74, 6) is 0. The molecule has 0 aliphatic heterocycles. The SMILES string of the molecule is [Eu].c1ccc(-c2ccccc2-c2ccccc2)cc1. The first-order chi connectivity index (χ1) is 8.95. The van der Waals surface area contributed by atoms with Gasteiger partial charge in [-0.3, -0.25) is 0 Å². The molecule has 0 fully saturated rings. The van der Waals surface area contributed by atoms with Crippen LogP contribution in [0.1, 0.15) is 0 Å². The van der Waals surface area contributed by atoms with Crippen LogP contribution in [-0.4, -0.2) is 0 Å². The summed E-state index contributed by atoms with van der Waals surface area (Å²) in [6, 6.07) is 29.6. The van der Waals surface area contributed by atoms with Gasteiger partial charge in [0.05, 0.1) is 0 Å². The number of benzene rings is 3. The third-order valence-corrected chi connectivity index (χ3v) is 3.10. The summed E-state index contributed by atoms with van der Waals surface area (Å²) in [6.45, 7) is 0. The van der Waals surface area contributed by atoms with Gasteiger partial charge in [-0.15, -0.1) is 0 Å². The van der Waals surface area contributed by atoms with Crippen LogP contribution in [0.25, 0.3) is 22.3 Å². The van der Waals surface area contributed by atoms with Gasteiger partial charge < -0.3 is 0 Å². The Morgan fingerprint density at radius 2 is 0.684 bits per heavy atom. The molecule has 3 rings (SSSR count). The molecule has 1 radical (unpaired) electrons. The maximum atomic E-state index is 2.18. The van der Waals surface area contributed by atoms with Gasteiger partial charge >= 0.3 is 0 Å². The second-order valence-corrected chi connectivity index (χ2v) is 4.28. The molecule has 0 aromatic heterocycles. The van der Waals surface area contributed by atoms with Crippen molar-refractivity contribution in [2.45, 2.75) is 0 Å². The Hall–Kier alpha value is -0.756. The predicted octanol–water partition coefficient (Wildman–Crippen LogP) is 5.02. The van der Waals surface area contributed by atoms with Crippen LogP contribution in [0.15, 0.2) is 84.9 Å². The van der Waals surface area contributed by atoms with E-state index in [1.807, 2.05) is 0 Å². The van der Waals surface area contributed by atoms with E-state index in [1.165, 1.54) is 22.3 Å². The van der Waals surface area contributed by atoms with Gasteiger partial charge in [-0.2, -0.15) is 0 Å². The average Bonchev–Trinajstić information content (AvgIpc) is 2.49. The van der Waals surface area contributed by atoms with Crippen molar-refractivity contribution in [3.8, 4) is 22.3 Å². The van der Waals surface area contributed by atoms with Crippen LogP contribution in [0, 0.1) is 49.4 Å². The van der Waals surface area contributed by atoms with Crippen LogP contribution in [0.4, 0.5) is 0 Å². The normalized spacial score (nSPS) is 9.68. The number of hydrogen-bond acceptors (Lipinski definition) is 0. The van der Waals surface area contributed by atoms with Crippen molar-refractivity contribution in [1.82, 2.24) is 0 Å². The van der Waals surface area contributed by atoms with Crippen molar-refractivity contribution in [1.29, 1.82) is 0 Å². The minimum atomic E-state index is 0. The van der Waals surface area contributed by atoms with E-state index in [2.05, 4.69) is 84.9 Å². The monoisotopic (exact) mass is 383 g/mol. The van der Waals surface area contributed by atoms with Gasteiger partial charge in [-0.1, -0.05) is 84.9 Å². The molecule has 0 nitrogen and oxygen atoms in total. The van der Waals surface area contributed by atoms with E-state index >= 15 is 0 Å². The Labute approximate surface area is 155 Å². The minimum absolute atomic E-state index is 0. The first-order valence-corrected chi connectivity index (χ1v) is 6.15. The Morgan fingerprint density at radius 3 is 1.05 bits per heavy atom. The molecule has 0 saturated carbocycles. The summed E-state index contributed by atoms with van der Waals surface area (Å²) >= 11 is 0. The summed E-state index contributed by atoms with van der Waals surface area (Å²) in [6.07, 6.45) is 0. The Kier molecular flexibility index (Phi) is 5.51. The molecule has 0 heterocycles. The molecule has 0 aliphatic rings. The standard InChI is InChI=1S/C18H14.Eu/c1-3-9-15(10-4-1)17-13-7-8-14-18(17)16-11-5-2-6-12-16;/h1-14H;. The van der Waals surface area contributed by atoms with E-state index in [9.17, 15) is 0 Å². The summed E-state index contributed by atoms with van der Waals surface area (Å²) in [5.41, 5.74) is 5.09. The van der Waals surface area contributed by atoms with Gasteiger partial charge in [0.15, 0.2) is 0 Å². The van der Waals surface area contributed by atoms with Crippen molar-refractivity contribution in [3.05, 3.63) is 84.9 Å². The molecule has 0 N–H and O–H groups in total. The smallest absolute Gasteiger partial charge is 0 e. The van der Waals surface area contributed by atoms with Crippen molar-refractivity contribution in [2.75, 3.05) is 0 Å². The average molecular weight is 382 g/mol. The number of hydrogen-bond donors (Lipinski definition) is 0. The van der Waals surface area contributed by atoms with Gasteiger partial charge in [0.25, 0.3) is 0 Å². The van der Waals surface area contributed by atoms with Crippen LogP contribution in [0.2, 0.25) is 0 Å². The molecule has 3 aromatic carbocycles. The van der Waals surface area contributed by atoms with Gasteiger partial charge in [-0.25, -0.2) is 0 Å². The maximum absolute atomic E-state index is 2.18. The van der Waals surface area contributed by atoms with Crippen molar-refractivity contribution in [2.24, 2.45) is 0 Å². The second kappa shape index (κ2) is 7.14. The molecule has 19 heavy (non-hydrogen) atoms. The zero-order valence-corrected chi connectivity index (χ0v) is 12.9. The van der Waals surface area contributed by atoms with Crippen LogP contribution < -0.4 is 0 Å². The molecule has 1 heteroatoms. The zero-order valence-electron chi connectivity index (χ0n) is 10.5. The number of rotatable bonds is 2. The predicted molar refractivity (Wildman–Crippen MR) is 77.3 cm³/mol. The molecule has 0 saturated heterocycles. The maximum Gasteiger partial charge on any atom is 0 e. The molecule has 0 spiro atoms. The van der Waals surface area contributed by atoms with E-state index in [-0.39, 0.29) is 49.4 Å². The third-order valence-electron chi connectivity index (χ3n) is 3.10. The van der Waals surface area contributed by atoms with Gasteiger partial charge in [0.1, 0.15) is 0 Å². The molecule has 0 bridgehead atoms. The Morgan fingerprint density at radius 1 is 0.368 bits per heavy atom. The quantitative estimate of drug-likeness (QED) is 0.584. The van der Waals surface area contributed by atoms with E-state index in [0.717, 1.165) is 0 Å². The van der Waals surface area contributed by atoms with Gasteiger partial charge in [0.2, 0.25) is 0 Å². The topological polar surface area (TPSA) is 0 Å². The van der Waals surface area contributed by atoms with Crippen LogP contribution in [0.3, 0.4) is 0 Å². The van der Waals surface area contributed by atoms with E-state index < -0.39 is 0 Å². The fraction of sp³-hybridized carbons (Fsp3) is 0. The zero-order chi connectivity index (χ0) is 12.2. The van der Waals surface area contributed by atoms with Crippen LogP contribution in [-0.2, 0) is 0 Å². The first kappa shape index (κ1) is 14.6. The molecule has 3 aromatic rings. The summed E-state index contributed by atoms with van der Waals surface area (Å²) < 4.78 is 0. The van der Waals surface area contributed by atoms with Crippen LogP contribution in [0.5, 0.6) is 0 Å².